The van der Waals surface area contributed by atoms with Gasteiger partial charge in [-0.3, -0.25) is 4.79 Å². The highest BCUT2D eigenvalue weighted by molar-refractivity contribution is 6.30. The molecule has 3 heterocycles. The first kappa shape index (κ1) is 22.5. The smallest absolute Gasteiger partial charge is 0.255 e. The van der Waals surface area contributed by atoms with E-state index in [1.165, 1.54) is 6.07 Å². The maximum atomic E-state index is 14.5. The molecular weight excluding hydrogens is 433 g/mol. The van der Waals surface area contributed by atoms with Crippen molar-refractivity contribution in [2.45, 2.75) is 51.7 Å². The van der Waals surface area contributed by atoms with Crippen molar-refractivity contribution in [3.05, 3.63) is 52.6 Å². The first-order valence-corrected chi connectivity index (χ1v) is 11.3. The van der Waals surface area contributed by atoms with E-state index in [1.54, 1.807) is 29.2 Å². The van der Waals surface area contributed by atoms with E-state index in [-0.39, 0.29) is 11.9 Å². The fraction of sp³-hybridized carbons (Fsp3) is 0.435. The number of amides is 1. The van der Waals surface area contributed by atoms with Crippen molar-refractivity contribution >= 4 is 34.2 Å². The van der Waals surface area contributed by atoms with Gasteiger partial charge in [0.05, 0.1) is 28.9 Å². The second-order valence-electron chi connectivity index (χ2n) is 7.88. The molecule has 0 aliphatic carbocycles. The Morgan fingerprint density at radius 1 is 1.31 bits per heavy atom. The molecule has 1 unspecified atom stereocenters. The van der Waals surface area contributed by atoms with Crippen molar-refractivity contribution in [1.29, 1.82) is 0 Å². The number of anilines is 1. The number of benzene rings is 1. The molecule has 1 aromatic carbocycles. The lowest BCUT2D eigenvalue weighted by atomic mass is 10.0. The number of carbonyl (C=O) groups is 1. The average Bonchev–Trinajstić information content (AvgIpc) is 3.22. The monoisotopic (exact) mass is 459 g/mol. The zero-order valence-corrected chi connectivity index (χ0v) is 19.0. The van der Waals surface area contributed by atoms with Crippen LogP contribution < -0.4 is 10.6 Å². The lowest BCUT2D eigenvalue weighted by molar-refractivity contribution is 0.0903. The molecule has 3 aromatic rings. The normalized spacial score (nSPS) is 15.6. The highest BCUT2D eigenvalue weighted by Gasteiger charge is 2.24. The van der Waals surface area contributed by atoms with Crippen LogP contribution in [0.3, 0.4) is 0 Å². The molecule has 1 fully saturated rings. The molecule has 9 heteroatoms. The Labute approximate surface area is 191 Å². The number of hydrogen-bond donors (Lipinski definition) is 2. The second-order valence-corrected chi connectivity index (χ2v) is 8.31. The summed E-state index contributed by atoms with van der Waals surface area (Å²) in [5.74, 6) is -0.762. The van der Waals surface area contributed by atoms with Crippen molar-refractivity contribution in [2.75, 3.05) is 18.5 Å². The maximum absolute atomic E-state index is 14.5. The van der Waals surface area contributed by atoms with E-state index in [0.29, 0.717) is 48.0 Å². The van der Waals surface area contributed by atoms with E-state index in [9.17, 15) is 9.18 Å². The van der Waals surface area contributed by atoms with Crippen molar-refractivity contribution in [3.8, 4) is 0 Å². The third-order valence-electron chi connectivity index (χ3n) is 5.83. The summed E-state index contributed by atoms with van der Waals surface area (Å²) in [7, 11) is 0. The van der Waals surface area contributed by atoms with E-state index in [1.807, 2.05) is 13.8 Å². The van der Waals surface area contributed by atoms with Crippen LogP contribution in [0.25, 0.3) is 11.0 Å². The van der Waals surface area contributed by atoms with E-state index in [2.05, 4.69) is 20.7 Å². The molecule has 32 heavy (non-hydrogen) atoms. The van der Waals surface area contributed by atoms with Crippen molar-refractivity contribution in [3.63, 3.8) is 0 Å². The Morgan fingerprint density at radius 3 is 2.78 bits per heavy atom. The van der Waals surface area contributed by atoms with E-state index in [0.717, 1.165) is 23.9 Å². The first-order valence-electron chi connectivity index (χ1n) is 11.0. The molecule has 0 spiro atoms. The molecule has 1 atom stereocenters. The van der Waals surface area contributed by atoms with Gasteiger partial charge < -0.3 is 15.4 Å². The fourth-order valence-electron chi connectivity index (χ4n) is 4.05. The number of rotatable bonds is 7. The minimum atomic E-state index is -0.496. The number of aryl methyl sites for hydroxylation is 1. The highest BCUT2D eigenvalue weighted by atomic mass is 35.5. The number of aromatic nitrogens is 3. The van der Waals surface area contributed by atoms with E-state index >= 15 is 0 Å². The summed E-state index contributed by atoms with van der Waals surface area (Å²) in [4.78, 5) is 17.9. The van der Waals surface area contributed by atoms with Crippen LogP contribution in [0.1, 0.15) is 55.1 Å². The summed E-state index contributed by atoms with van der Waals surface area (Å²) < 4.78 is 21.8. The van der Waals surface area contributed by atoms with Gasteiger partial charge in [-0.1, -0.05) is 24.6 Å². The molecule has 1 amide bonds. The molecule has 0 saturated carbocycles. The minimum absolute atomic E-state index is 0.182. The third-order valence-corrected chi connectivity index (χ3v) is 6.07. The van der Waals surface area contributed by atoms with Gasteiger partial charge in [0, 0.05) is 42.6 Å². The predicted molar refractivity (Wildman–Crippen MR) is 123 cm³/mol. The molecule has 0 bridgehead atoms. The van der Waals surface area contributed by atoms with Gasteiger partial charge in [-0.25, -0.2) is 14.1 Å². The van der Waals surface area contributed by atoms with Gasteiger partial charge in [-0.05, 0) is 38.3 Å². The number of nitrogens with one attached hydrogen (secondary N) is 2. The lowest BCUT2D eigenvalue weighted by Crippen LogP contribution is -2.32. The SMILES string of the molecule is CCC(NC(=O)c1cnc2c(cnn2CC)c1NC1CCOCC1)c1ccc(Cl)cc1F. The lowest BCUT2D eigenvalue weighted by Gasteiger charge is -2.26. The fourth-order valence-corrected chi connectivity index (χ4v) is 4.21. The zero-order valence-electron chi connectivity index (χ0n) is 18.2. The van der Waals surface area contributed by atoms with Gasteiger partial charge in [0.2, 0.25) is 0 Å². The van der Waals surface area contributed by atoms with Gasteiger partial charge in [0.25, 0.3) is 5.91 Å². The number of pyridine rings is 1. The standard InChI is InChI=1S/C23H27ClFN5O2/c1-3-20(16-6-5-14(24)11-19(16)25)29-23(31)18-12-26-22-17(13-27-30(22)4-2)21(18)28-15-7-9-32-10-8-15/h5-6,11-13,15,20H,3-4,7-10H2,1-2H3,(H,26,28)(H,29,31). The number of hydrogen-bond acceptors (Lipinski definition) is 5. The molecule has 1 aliphatic heterocycles. The highest BCUT2D eigenvalue weighted by Crippen LogP contribution is 2.30. The van der Waals surface area contributed by atoms with Crippen LogP contribution in [0.5, 0.6) is 0 Å². The number of nitrogens with zero attached hydrogens (tertiary/aromatic N) is 3. The number of carbonyl (C=O) groups excluding carboxylic acids is 1. The zero-order chi connectivity index (χ0) is 22.7. The second kappa shape index (κ2) is 9.83. The molecule has 1 aliphatic rings. The van der Waals surface area contributed by atoms with Gasteiger partial charge in [0.15, 0.2) is 5.65 Å². The van der Waals surface area contributed by atoms with Crippen LogP contribution in [0.2, 0.25) is 5.02 Å². The van der Waals surface area contributed by atoms with E-state index < -0.39 is 11.9 Å². The van der Waals surface area contributed by atoms with Crippen molar-refractivity contribution in [2.24, 2.45) is 0 Å². The van der Waals surface area contributed by atoms with E-state index in [4.69, 9.17) is 16.3 Å². The third kappa shape index (κ3) is 4.56. The summed E-state index contributed by atoms with van der Waals surface area (Å²) in [5.41, 5.74) is 2.23. The summed E-state index contributed by atoms with van der Waals surface area (Å²) >= 11 is 5.89. The molecule has 4 rings (SSSR count). The van der Waals surface area contributed by atoms with Crippen LogP contribution >= 0.6 is 11.6 Å². The minimum Gasteiger partial charge on any atom is -0.381 e. The van der Waals surface area contributed by atoms with Crippen molar-refractivity contribution < 1.29 is 13.9 Å². The Balaban J connectivity index is 1.68. The number of halogens is 2. The van der Waals surface area contributed by atoms with Gasteiger partial charge in [0.1, 0.15) is 5.82 Å². The quantitative estimate of drug-likeness (QED) is 0.534. The molecular formula is C23H27ClFN5O2. The molecule has 0 radical (unpaired) electrons. The Kier molecular flexibility index (Phi) is 6.91. The molecule has 1 saturated heterocycles. The van der Waals surface area contributed by atoms with Crippen LogP contribution in [0.15, 0.2) is 30.6 Å². The van der Waals surface area contributed by atoms with Crippen LogP contribution in [-0.4, -0.2) is 39.9 Å². The maximum Gasteiger partial charge on any atom is 0.255 e. The van der Waals surface area contributed by atoms with Gasteiger partial charge in [-0.2, -0.15) is 5.10 Å². The summed E-state index contributed by atoms with van der Waals surface area (Å²) in [6.45, 7) is 5.91. The van der Waals surface area contributed by atoms with Crippen LogP contribution in [0.4, 0.5) is 10.1 Å². The summed E-state index contributed by atoms with van der Waals surface area (Å²) in [6.07, 6.45) is 5.52. The molecule has 2 aromatic heterocycles. The van der Waals surface area contributed by atoms with Gasteiger partial charge in [-0.15, -0.1) is 0 Å². The van der Waals surface area contributed by atoms with Crippen LogP contribution in [0, 0.1) is 5.82 Å². The summed E-state index contributed by atoms with van der Waals surface area (Å²) in [6, 6.07) is 4.18. The first-order chi connectivity index (χ1) is 15.5. The van der Waals surface area contributed by atoms with Gasteiger partial charge >= 0.3 is 0 Å². The molecule has 170 valence electrons. The largest absolute Gasteiger partial charge is 0.381 e. The summed E-state index contributed by atoms with van der Waals surface area (Å²) in [5, 5.41) is 12.0. The average molecular weight is 460 g/mol. The van der Waals surface area contributed by atoms with Crippen molar-refractivity contribution in [1.82, 2.24) is 20.1 Å². The Hall–Kier alpha value is -2.71. The molecule has 2 N–H and O–H groups in total. The Bertz CT molecular complexity index is 1110. The topological polar surface area (TPSA) is 81.1 Å². The predicted octanol–water partition coefficient (Wildman–Crippen LogP) is 4.72. The number of fused-ring (bicyclic) bond motifs is 1. The van der Waals surface area contributed by atoms with Crippen LogP contribution in [-0.2, 0) is 11.3 Å². The Morgan fingerprint density at radius 2 is 2.09 bits per heavy atom. The number of ether oxygens (including phenoxy) is 1. The molecule has 7 nitrogen and oxygen atoms in total.